The first-order chi connectivity index (χ1) is 9.49. The third-order valence-corrected chi connectivity index (χ3v) is 3.57. The molecule has 0 bridgehead atoms. The highest BCUT2D eigenvalue weighted by Gasteiger charge is 2.17. The van der Waals surface area contributed by atoms with Gasteiger partial charge in [0.05, 0.1) is 5.56 Å². The van der Waals surface area contributed by atoms with E-state index >= 15 is 0 Å². The van der Waals surface area contributed by atoms with Crippen molar-refractivity contribution < 1.29 is 9.18 Å². The van der Waals surface area contributed by atoms with Crippen molar-refractivity contribution in [2.24, 2.45) is 0 Å². The van der Waals surface area contributed by atoms with Crippen molar-refractivity contribution >= 4 is 21.8 Å². The van der Waals surface area contributed by atoms with Gasteiger partial charge >= 0.3 is 0 Å². The molecule has 0 heterocycles. The Bertz CT molecular complexity index is 642. The van der Waals surface area contributed by atoms with Crippen LogP contribution in [0.4, 0.5) is 4.39 Å². The van der Waals surface area contributed by atoms with Crippen LogP contribution in [0.15, 0.2) is 46.9 Å². The van der Waals surface area contributed by atoms with Crippen LogP contribution in [0.2, 0.25) is 0 Å². The third kappa shape index (κ3) is 3.25. The molecule has 20 heavy (non-hydrogen) atoms. The average Bonchev–Trinajstić information content (AvgIpc) is 2.41. The number of amides is 1. The Morgan fingerprint density at radius 3 is 2.65 bits per heavy atom. The van der Waals surface area contributed by atoms with Crippen LogP contribution < -0.4 is 0 Å². The number of nitrogens with zero attached hydrogens (tertiary/aromatic N) is 1. The van der Waals surface area contributed by atoms with Gasteiger partial charge in [0.15, 0.2) is 0 Å². The van der Waals surface area contributed by atoms with Gasteiger partial charge in [0.25, 0.3) is 5.91 Å². The maximum atomic E-state index is 14.0. The van der Waals surface area contributed by atoms with Gasteiger partial charge in [-0.05, 0) is 36.2 Å². The predicted molar refractivity (Wildman–Crippen MR) is 81.1 cm³/mol. The molecule has 0 aliphatic carbocycles. The van der Waals surface area contributed by atoms with Crippen molar-refractivity contribution in [2.45, 2.75) is 13.5 Å². The second-order valence-electron chi connectivity index (χ2n) is 4.73. The highest BCUT2D eigenvalue weighted by molar-refractivity contribution is 9.10. The molecule has 2 aromatic rings. The number of benzene rings is 2. The van der Waals surface area contributed by atoms with Gasteiger partial charge in [0.2, 0.25) is 0 Å². The number of carbonyl (C=O) groups excluding carboxylic acids is 1. The van der Waals surface area contributed by atoms with Gasteiger partial charge in [-0.3, -0.25) is 4.79 Å². The van der Waals surface area contributed by atoms with Gasteiger partial charge < -0.3 is 4.90 Å². The minimum Gasteiger partial charge on any atom is -0.337 e. The first-order valence-electron chi connectivity index (χ1n) is 6.24. The Morgan fingerprint density at radius 2 is 1.95 bits per heavy atom. The SMILES string of the molecule is Cc1cccc(C(=O)N(C)Cc2cccc(Br)c2)c1F. The molecule has 104 valence electrons. The molecule has 1 amide bonds. The summed E-state index contributed by atoms with van der Waals surface area (Å²) in [4.78, 5) is 13.8. The fourth-order valence-electron chi connectivity index (χ4n) is 2.00. The first-order valence-corrected chi connectivity index (χ1v) is 7.03. The summed E-state index contributed by atoms with van der Waals surface area (Å²) in [6.45, 7) is 2.09. The van der Waals surface area contributed by atoms with E-state index in [4.69, 9.17) is 0 Å². The molecule has 0 atom stereocenters. The Kier molecular flexibility index (Phi) is 4.55. The molecule has 0 saturated carbocycles. The topological polar surface area (TPSA) is 20.3 Å². The lowest BCUT2D eigenvalue weighted by Gasteiger charge is -2.18. The van der Waals surface area contributed by atoms with Crippen LogP contribution in [0, 0.1) is 12.7 Å². The summed E-state index contributed by atoms with van der Waals surface area (Å²) in [5.41, 5.74) is 1.58. The Labute approximate surface area is 126 Å². The predicted octanol–water partition coefficient (Wildman–Crippen LogP) is 4.17. The van der Waals surface area contributed by atoms with Crippen LogP contribution in [-0.2, 0) is 6.54 Å². The average molecular weight is 336 g/mol. The number of rotatable bonds is 3. The summed E-state index contributed by atoms with van der Waals surface area (Å²) in [7, 11) is 1.67. The Morgan fingerprint density at radius 1 is 1.25 bits per heavy atom. The van der Waals surface area contributed by atoms with E-state index in [0.29, 0.717) is 12.1 Å². The minimum absolute atomic E-state index is 0.113. The summed E-state index contributed by atoms with van der Waals surface area (Å²) >= 11 is 3.39. The summed E-state index contributed by atoms with van der Waals surface area (Å²) in [6.07, 6.45) is 0. The fourth-order valence-corrected chi connectivity index (χ4v) is 2.45. The van der Waals surface area contributed by atoms with E-state index in [2.05, 4.69) is 15.9 Å². The fraction of sp³-hybridized carbons (Fsp3) is 0.188. The molecule has 2 aromatic carbocycles. The van der Waals surface area contributed by atoms with Crippen molar-refractivity contribution in [1.82, 2.24) is 4.90 Å². The zero-order valence-electron chi connectivity index (χ0n) is 11.4. The normalized spacial score (nSPS) is 10.4. The molecule has 0 aliphatic heterocycles. The zero-order chi connectivity index (χ0) is 14.7. The lowest BCUT2D eigenvalue weighted by Crippen LogP contribution is -2.27. The number of aryl methyl sites for hydroxylation is 1. The molecular weight excluding hydrogens is 321 g/mol. The number of halogens is 2. The first kappa shape index (κ1) is 14.7. The lowest BCUT2D eigenvalue weighted by atomic mass is 10.1. The van der Waals surface area contributed by atoms with Gasteiger partial charge in [-0.1, -0.05) is 40.2 Å². The van der Waals surface area contributed by atoms with Crippen molar-refractivity contribution in [3.63, 3.8) is 0 Å². The van der Waals surface area contributed by atoms with Crippen LogP contribution in [0.25, 0.3) is 0 Å². The van der Waals surface area contributed by atoms with E-state index < -0.39 is 5.82 Å². The Balaban J connectivity index is 2.19. The molecule has 0 radical (unpaired) electrons. The van der Waals surface area contributed by atoms with Crippen molar-refractivity contribution in [3.05, 3.63) is 69.4 Å². The third-order valence-electron chi connectivity index (χ3n) is 3.08. The van der Waals surface area contributed by atoms with Gasteiger partial charge in [0.1, 0.15) is 5.82 Å². The molecule has 0 aliphatic rings. The van der Waals surface area contributed by atoms with Crippen LogP contribution in [0.5, 0.6) is 0 Å². The zero-order valence-corrected chi connectivity index (χ0v) is 12.9. The van der Waals surface area contributed by atoms with Crippen molar-refractivity contribution in [1.29, 1.82) is 0 Å². The molecule has 0 spiro atoms. The summed E-state index contributed by atoms with van der Waals surface area (Å²) in [5.74, 6) is -0.759. The summed E-state index contributed by atoms with van der Waals surface area (Å²) < 4.78 is 14.9. The quantitative estimate of drug-likeness (QED) is 0.824. The molecule has 0 N–H and O–H groups in total. The van der Waals surface area contributed by atoms with Gasteiger partial charge in [0, 0.05) is 18.1 Å². The molecule has 2 rings (SSSR count). The van der Waals surface area contributed by atoms with E-state index in [-0.39, 0.29) is 11.5 Å². The summed E-state index contributed by atoms with van der Waals surface area (Å²) in [5, 5.41) is 0. The summed E-state index contributed by atoms with van der Waals surface area (Å²) in [6, 6.07) is 12.6. The smallest absolute Gasteiger partial charge is 0.256 e. The van der Waals surface area contributed by atoms with E-state index in [0.717, 1.165) is 10.0 Å². The molecule has 0 saturated heterocycles. The minimum atomic E-state index is -0.446. The highest BCUT2D eigenvalue weighted by atomic mass is 79.9. The second kappa shape index (κ2) is 6.18. The van der Waals surface area contributed by atoms with Crippen LogP contribution in [0.3, 0.4) is 0 Å². The molecule has 2 nitrogen and oxygen atoms in total. The van der Waals surface area contributed by atoms with E-state index in [1.54, 1.807) is 26.1 Å². The van der Waals surface area contributed by atoms with Gasteiger partial charge in [-0.15, -0.1) is 0 Å². The largest absolute Gasteiger partial charge is 0.337 e. The molecular formula is C16H15BrFNO. The van der Waals surface area contributed by atoms with E-state index in [1.807, 2.05) is 24.3 Å². The number of hydrogen-bond acceptors (Lipinski definition) is 1. The maximum Gasteiger partial charge on any atom is 0.256 e. The molecule has 0 unspecified atom stereocenters. The van der Waals surface area contributed by atoms with Crippen LogP contribution >= 0.6 is 15.9 Å². The lowest BCUT2D eigenvalue weighted by molar-refractivity contribution is 0.0780. The molecule has 0 fully saturated rings. The second-order valence-corrected chi connectivity index (χ2v) is 5.64. The van der Waals surface area contributed by atoms with Crippen molar-refractivity contribution in [2.75, 3.05) is 7.05 Å². The monoisotopic (exact) mass is 335 g/mol. The van der Waals surface area contributed by atoms with Gasteiger partial charge in [-0.2, -0.15) is 0 Å². The van der Waals surface area contributed by atoms with E-state index in [1.165, 1.54) is 11.0 Å². The maximum absolute atomic E-state index is 14.0. The molecule has 0 aromatic heterocycles. The van der Waals surface area contributed by atoms with E-state index in [9.17, 15) is 9.18 Å². The van der Waals surface area contributed by atoms with Crippen molar-refractivity contribution in [3.8, 4) is 0 Å². The van der Waals surface area contributed by atoms with Crippen LogP contribution in [-0.4, -0.2) is 17.9 Å². The van der Waals surface area contributed by atoms with Gasteiger partial charge in [-0.25, -0.2) is 4.39 Å². The van der Waals surface area contributed by atoms with Crippen LogP contribution in [0.1, 0.15) is 21.5 Å². The number of carbonyl (C=O) groups is 1. The number of hydrogen-bond donors (Lipinski definition) is 0. The Hall–Kier alpha value is -1.68. The highest BCUT2D eigenvalue weighted by Crippen LogP contribution is 2.17. The molecule has 4 heteroatoms. The standard InChI is InChI=1S/C16H15BrFNO/c1-11-5-3-8-14(15(11)18)16(20)19(2)10-12-6-4-7-13(17)9-12/h3-9H,10H2,1-2H3.